The Kier molecular flexibility index (Phi) is 5.64. The quantitative estimate of drug-likeness (QED) is 0.588. The van der Waals surface area contributed by atoms with Crippen molar-refractivity contribution in [1.29, 1.82) is 0 Å². The van der Waals surface area contributed by atoms with Crippen molar-refractivity contribution in [2.75, 3.05) is 0 Å². The van der Waals surface area contributed by atoms with Crippen LogP contribution in [0.25, 0.3) is 11.3 Å². The van der Waals surface area contributed by atoms with Gasteiger partial charge in [-0.15, -0.1) is 0 Å². The van der Waals surface area contributed by atoms with Gasteiger partial charge in [0.25, 0.3) is 0 Å². The zero-order chi connectivity index (χ0) is 19.1. The number of aromatic nitrogens is 3. The Bertz CT molecular complexity index is 985. The minimum Gasteiger partial charge on any atom is -0.856 e. The smallest absolute Gasteiger partial charge is 0.856 e. The minimum atomic E-state index is -1.38. The topological polar surface area (TPSA) is 84.1 Å². The van der Waals surface area contributed by atoms with Crippen molar-refractivity contribution in [2.45, 2.75) is 49.8 Å². The molecule has 6 nitrogen and oxygen atoms in total. The molecule has 2 aliphatic carbocycles. The van der Waals surface area contributed by atoms with Crippen molar-refractivity contribution in [3.05, 3.63) is 54.0 Å². The zero-order valence-corrected chi connectivity index (χ0v) is 18.2. The van der Waals surface area contributed by atoms with Gasteiger partial charge in [-0.25, -0.2) is 9.37 Å². The number of halogens is 1. The molecule has 3 heterocycles. The summed E-state index contributed by atoms with van der Waals surface area (Å²) < 4.78 is 26.1. The van der Waals surface area contributed by atoms with Gasteiger partial charge >= 0.3 is 29.6 Å². The first-order valence-corrected chi connectivity index (χ1v) is 9.51. The van der Waals surface area contributed by atoms with Gasteiger partial charge in [-0.05, 0) is 61.9 Å². The second-order valence-electron chi connectivity index (χ2n) is 7.63. The normalized spacial score (nSPS) is 23.6. The Hall–Kier alpha value is -1.96. The molecule has 0 bridgehead atoms. The van der Waals surface area contributed by atoms with Crippen LogP contribution in [-0.4, -0.2) is 21.2 Å². The summed E-state index contributed by atoms with van der Waals surface area (Å²) in [5.74, 6) is 0.523. The van der Waals surface area contributed by atoms with Gasteiger partial charge in [0.1, 0.15) is 11.8 Å². The van der Waals surface area contributed by atoms with Crippen LogP contribution in [-0.2, 0) is 5.67 Å². The maximum absolute atomic E-state index is 15.4. The fraction of sp³-hybridized carbons (Fsp3) is 0.381. The third kappa shape index (κ3) is 4.04. The molecule has 0 radical (unpaired) electrons. The summed E-state index contributed by atoms with van der Waals surface area (Å²) in [6.07, 6.45) is 7.48. The van der Waals surface area contributed by atoms with Crippen LogP contribution >= 0.6 is 0 Å². The molecule has 0 N–H and O–H groups in total. The van der Waals surface area contributed by atoms with E-state index in [1.807, 2.05) is 12.1 Å². The van der Waals surface area contributed by atoms with Gasteiger partial charge in [-0.2, -0.15) is 0 Å². The van der Waals surface area contributed by atoms with Gasteiger partial charge in [-0.3, -0.25) is 4.98 Å². The van der Waals surface area contributed by atoms with Crippen LogP contribution in [0.3, 0.4) is 0 Å². The van der Waals surface area contributed by atoms with Crippen LogP contribution in [0.2, 0.25) is 0 Å². The Morgan fingerprint density at radius 3 is 2.59 bits per heavy atom. The maximum Gasteiger partial charge on any atom is 1.00 e. The van der Waals surface area contributed by atoms with E-state index < -0.39 is 11.5 Å². The average Bonchev–Trinajstić information content (AvgIpc) is 3.09. The van der Waals surface area contributed by atoms with Crippen molar-refractivity contribution >= 4 is 0 Å². The van der Waals surface area contributed by atoms with Crippen molar-refractivity contribution < 1.29 is 48.3 Å². The molecule has 2 saturated carbocycles. The van der Waals surface area contributed by atoms with E-state index in [2.05, 4.69) is 15.1 Å². The van der Waals surface area contributed by atoms with E-state index >= 15 is 4.39 Å². The van der Waals surface area contributed by atoms with E-state index in [-0.39, 0.29) is 41.6 Å². The molecule has 0 saturated heterocycles. The molecular weight excluding hydrogens is 384 g/mol. The molecule has 3 aromatic rings. The van der Waals surface area contributed by atoms with Gasteiger partial charge in [0.2, 0.25) is 5.88 Å². The number of hydrogen-bond donors (Lipinski definition) is 0. The molecule has 3 aromatic heterocycles. The summed E-state index contributed by atoms with van der Waals surface area (Å²) in [6.45, 7) is 0. The summed E-state index contributed by atoms with van der Waals surface area (Å²) in [4.78, 5) is 8.64. The fourth-order valence-electron chi connectivity index (χ4n) is 3.77. The molecule has 0 unspecified atom stereocenters. The first-order chi connectivity index (χ1) is 13.6. The van der Waals surface area contributed by atoms with E-state index in [0.717, 1.165) is 18.5 Å². The molecule has 0 spiro atoms. The van der Waals surface area contributed by atoms with Gasteiger partial charge in [0, 0.05) is 41.5 Å². The molecule has 29 heavy (non-hydrogen) atoms. The van der Waals surface area contributed by atoms with Crippen LogP contribution in [0.15, 0.2) is 47.2 Å². The van der Waals surface area contributed by atoms with Crippen molar-refractivity contribution in [3.8, 4) is 23.1 Å². The molecule has 8 heteroatoms. The number of hydrogen-bond acceptors (Lipinski definition) is 6. The third-order valence-corrected chi connectivity index (χ3v) is 5.71. The molecule has 0 aliphatic heterocycles. The number of rotatable bonds is 5. The standard InChI is InChI=1S/C21H20FN3O3.Na/c22-21(15-6-7-23-20(8-15)27-16-2-1-3-16)10-14(11-21)17-5-4-13(12-24-17)18-9-19(26)25-28-18;/h4-9,12,14,16H,1-3,10-11H2,(H,25,26);/q;+1/p-1. The Morgan fingerprint density at radius 1 is 1.14 bits per heavy atom. The summed E-state index contributed by atoms with van der Waals surface area (Å²) >= 11 is 0. The van der Waals surface area contributed by atoms with E-state index in [0.29, 0.717) is 35.6 Å². The van der Waals surface area contributed by atoms with Crippen molar-refractivity contribution in [1.82, 2.24) is 15.1 Å². The molecule has 144 valence electrons. The van der Waals surface area contributed by atoms with Crippen molar-refractivity contribution in [3.63, 3.8) is 0 Å². The average molecular weight is 403 g/mol. The molecule has 2 aliphatic rings. The third-order valence-electron chi connectivity index (χ3n) is 5.71. The molecule has 0 aromatic carbocycles. The van der Waals surface area contributed by atoms with Crippen LogP contribution < -0.4 is 39.4 Å². The Morgan fingerprint density at radius 2 is 1.97 bits per heavy atom. The number of pyridine rings is 2. The largest absolute Gasteiger partial charge is 1.00 e. The van der Waals surface area contributed by atoms with E-state index in [1.165, 1.54) is 12.5 Å². The summed E-state index contributed by atoms with van der Waals surface area (Å²) in [5.41, 5.74) is 0.748. The number of nitrogens with zero attached hydrogens (tertiary/aromatic N) is 3. The molecule has 5 rings (SSSR count). The predicted molar refractivity (Wildman–Crippen MR) is 96.4 cm³/mol. The van der Waals surface area contributed by atoms with E-state index in [1.54, 1.807) is 24.5 Å². The van der Waals surface area contributed by atoms with Gasteiger partial charge in [-0.1, -0.05) is 5.16 Å². The second kappa shape index (κ2) is 8.05. The van der Waals surface area contributed by atoms with Crippen LogP contribution in [0.4, 0.5) is 4.39 Å². The van der Waals surface area contributed by atoms with Gasteiger partial charge < -0.3 is 14.4 Å². The van der Waals surface area contributed by atoms with Gasteiger partial charge in [0.15, 0.2) is 5.76 Å². The minimum absolute atomic E-state index is 0. The molecule has 0 amide bonds. The zero-order valence-electron chi connectivity index (χ0n) is 16.2. The molecule has 2 fully saturated rings. The maximum atomic E-state index is 15.4. The van der Waals surface area contributed by atoms with E-state index in [9.17, 15) is 5.11 Å². The Labute approximate surface area is 189 Å². The first kappa shape index (κ1) is 20.3. The van der Waals surface area contributed by atoms with Crippen molar-refractivity contribution in [2.24, 2.45) is 0 Å². The van der Waals surface area contributed by atoms with Crippen LogP contribution in [0, 0.1) is 0 Å². The van der Waals surface area contributed by atoms with Crippen LogP contribution in [0.1, 0.15) is 49.3 Å². The number of ether oxygens (including phenoxy) is 1. The summed E-state index contributed by atoms with van der Waals surface area (Å²) in [7, 11) is 0. The predicted octanol–water partition coefficient (Wildman–Crippen LogP) is 0.883. The fourth-order valence-corrected chi connectivity index (χ4v) is 3.77. The summed E-state index contributed by atoms with van der Waals surface area (Å²) in [5, 5.41) is 14.5. The van der Waals surface area contributed by atoms with Crippen LogP contribution in [0.5, 0.6) is 11.8 Å². The monoisotopic (exact) mass is 403 g/mol. The molecular formula is C21H19FN3NaO3. The van der Waals surface area contributed by atoms with E-state index in [4.69, 9.17) is 9.26 Å². The van der Waals surface area contributed by atoms with Gasteiger partial charge in [0.05, 0.1) is 0 Å². The first-order valence-electron chi connectivity index (χ1n) is 9.51. The molecule has 0 atom stereocenters. The SMILES string of the molecule is [Na+].[O-]c1cc(-c2ccc(C3CC(F)(c4ccnc(OC5CCC5)c4)C3)nc2)on1. The Balaban J connectivity index is 0.00000205. The second-order valence-corrected chi connectivity index (χ2v) is 7.63. The number of alkyl halides is 1. The summed E-state index contributed by atoms with van der Waals surface area (Å²) in [6, 6.07) is 8.45.